The Labute approximate surface area is 112 Å². The first-order valence-electron chi connectivity index (χ1n) is 6.48. The van der Waals surface area contributed by atoms with Gasteiger partial charge in [0.15, 0.2) is 5.79 Å². The quantitative estimate of drug-likeness (QED) is 0.876. The Morgan fingerprint density at radius 1 is 1.53 bits per heavy atom. The van der Waals surface area contributed by atoms with E-state index in [1.807, 2.05) is 13.8 Å². The zero-order valence-corrected chi connectivity index (χ0v) is 11.6. The zero-order chi connectivity index (χ0) is 13.9. The first-order valence-corrected chi connectivity index (χ1v) is 6.48. The lowest BCUT2D eigenvalue weighted by Gasteiger charge is -2.25. The van der Waals surface area contributed by atoms with Crippen LogP contribution in [0.25, 0.3) is 0 Å². The molecule has 1 atom stereocenters. The molecular weight excluding hydrogens is 248 g/mol. The van der Waals surface area contributed by atoms with E-state index in [9.17, 15) is 4.79 Å². The van der Waals surface area contributed by atoms with Crippen LogP contribution in [0.1, 0.15) is 36.5 Å². The summed E-state index contributed by atoms with van der Waals surface area (Å²) < 4.78 is 16.0. The Balaban J connectivity index is 1.77. The van der Waals surface area contributed by atoms with Crippen LogP contribution in [0.5, 0.6) is 0 Å². The molecule has 0 aliphatic carbocycles. The number of ether oxygens (including phenoxy) is 2. The van der Waals surface area contributed by atoms with Gasteiger partial charge in [-0.25, -0.2) is 0 Å². The molecule has 2 rings (SSSR count). The van der Waals surface area contributed by atoms with E-state index in [1.54, 1.807) is 13.0 Å². The fourth-order valence-corrected chi connectivity index (χ4v) is 2.20. The summed E-state index contributed by atoms with van der Waals surface area (Å²) in [5.74, 6) is -0.279. The van der Waals surface area contributed by atoms with Crippen LogP contribution in [0.2, 0.25) is 0 Å². The number of nitrogens with one attached hydrogen (secondary N) is 1. The highest BCUT2D eigenvalue weighted by Gasteiger charge is 2.32. The van der Waals surface area contributed by atoms with Gasteiger partial charge in [0.1, 0.15) is 0 Å². The minimum atomic E-state index is -0.521. The predicted molar refractivity (Wildman–Crippen MR) is 67.7 cm³/mol. The number of carbonyl (C=O) groups is 1. The number of aryl methyl sites for hydroxylation is 1. The van der Waals surface area contributed by atoms with Crippen molar-refractivity contribution in [1.82, 2.24) is 10.5 Å². The second-order valence-electron chi connectivity index (χ2n) is 5.18. The van der Waals surface area contributed by atoms with Gasteiger partial charge in [0, 0.05) is 19.0 Å². The fraction of sp³-hybridized carbons (Fsp3) is 0.692. The molecule has 19 heavy (non-hydrogen) atoms. The van der Waals surface area contributed by atoms with Crippen molar-refractivity contribution in [3.8, 4) is 0 Å². The van der Waals surface area contributed by atoms with Gasteiger partial charge in [-0.2, -0.15) is 0 Å². The third-order valence-electron chi connectivity index (χ3n) is 3.08. The van der Waals surface area contributed by atoms with Crippen molar-refractivity contribution in [2.45, 2.75) is 33.0 Å². The van der Waals surface area contributed by atoms with Gasteiger partial charge in [0.25, 0.3) is 5.91 Å². The van der Waals surface area contributed by atoms with Crippen molar-refractivity contribution < 1.29 is 18.8 Å². The van der Waals surface area contributed by atoms with Gasteiger partial charge in [-0.3, -0.25) is 4.79 Å². The molecule has 1 aromatic rings. The summed E-state index contributed by atoms with van der Waals surface area (Å²) in [6, 6.07) is 1.62. The maximum Gasteiger partial charge on any atom is 0.289 e. The van der Waals surface area contributed by atoms with E-state index >= 15 is 0 Å². The minimum absolute atomic E-state index is 0.240. The average Bonchev–Trinajstić information content (AvgIpc) is 2.95. The van der Waals surface area contributed by atoms with Crippen molar-refractivity contribution in [3.05, 3.63) is 17.5 Å². The number of nitrogens with zero attached hydrogens (tertiary/aromatic N) is 1. The minimum Gasteiger partial charge on any atom is -0.351 e. The second-order valence-corrected chi connectivity index (χ2v) is 5.18. The molecule has 106 valence electrons. The first kappa shape index (κ1) is 14.0. The standard InChI is InChI=1S/C13H20N2O4/c1-9(7-13(3)17-4-5-18-13)8-14-12(16)11-6-10(2)15-19-11/h6,9H,4-5,7-8H2,1-3H3,(H,14,16)/t9-/m0/s1. The molecule has 6 nitrogen and oxygen atoms in total. The van der Waals surface area contributed by atoms with Gasteiger partial charge < -0.3 is 19.3 Å². The molecule has 0 unspecified atom stereocenters. The fourth-order valence-electron chi connectivity index (χ4n) is 2.20. The Hall–Kier alpha value is -1.40. The lowest BCUT2D eigenvalue weighted by Crippen LogP contribution is -2.34. The molecule has 1 amide bonds. The van der Waals surface area contributed by atoms with Crippen LogP contribution >= 0.6 is 0 Å². The van der Waals surface area contributed by atoms with Crippen molar-refractivity contribution in [2.24, 2.45) is 5.92 Å². The summed E-state index contributed by atoms with van der Waals surface area (Å²) in [4.78, 5) is 11.8. The molecule has 6 heteroatoms. The molecule has 0 saturated carbocycles. The van der Waals surface area contributed by atoms with Crippen molar-refractivity contribution in [1.29, 1.82) is 0 Å². The van der Waals surface area contributed by atoms with Crippen molar-refractivity contribution in [3.63, 3.8) is 0 Å². The summed E-state index contributed by atoms with van der Waals surface area (Å²) in [6.07, 6.45) is 0.739. The molecule has 1 aromatic heterocycles. The van der Waals surface area contributed by atoms with Gasteiger partial charge in [-0.05, 0) is 19.8 Å². The van der Waals surface area contributed by atoms with Gasteiger partial charge in [-0.15, -0.1) is 0 Å². The molecular formula is C13H20N2O4. The summed E-state index contributed by atoms with van der Waals surface area (Å²) >= 11 is 0. The summed E-state index contributed by atoms with van der Waals surface area (Å²) in [5, 5.41) is 6.50. The van der Waals surface area contributed by atoms with Gasteiger partial charge in [0.2, 0.25) is 5.76 Å². The molecule has 0 radical (unpaired) electrons. The number of hydrogen-bond donors (Lipinski definition) is 1. The van der Waals surface area contributed by atoms with Crippen LogP contribution in [0.3, 0.4) is 0 Å². The van der Waals surface area contributed by atoms with E-state index in [1.165, 1.54) is 0 Å². The first-order chi connectivity index (χ1) is 8.98. The number of amides is 1. The second kappa shape index (κ2) is 5.71. The molecule has 1 fully saturated rings. The van der Waals surface area contributed by atoms with E-state index < -0.39 is 5.79 Å². The third kappa shape index (κ3) is 3.78. The molecule has 2 heterocycles. The predicted octanol–water partition coefficient (Wildman–Crippen LogP) is 1.50. The van der Waals surface area contributed by atoms with Crippen LogP contribution in [0, 0.1) is 12.8 Å². The SMILES string of the molecule is Cc1cc(C(=O)NC[C@@H](C)CC2(C)OCCO2)on1. The van der Waals surface area contributed by atoms with E-state index in [4.69, 9.17) is 14.0 Å². The molecule has 1 N–H and O–H groups in total. The molecule has 1 aliphatic rings. The van der Waals surface area contributed by atoms with Crippen LogP contribution in [0.15, 0.2) is 10.6 Å². The lowest BCUT2D eigenvalue weighted by molar-refractivity contribution is -0.153. The Morgan fingerprint density at radius 3 is 2.79 bits per heavy atom. The number of hydrogen-bond acceptors (Lipinski definition) is 5. The van der Waals surface area contributed by atoms with E-state index in [2.05, 4.69) is 10.5 Å². The zero-order valence-electron chi connectivity index (χ0n) is 11.6. The van der Waals surface area contributed by atoms with Gasteiger partial charge >= 0.3 is 0 Å². The average molecular weight is 268 g/mol. The normalized spacial score (nSPS) is 19.3. The smallest absolute Gasteiger partial charge is 0.289 e. The Bertz CT molecular complexity index is 438. The van der Waals surface area contributed by atoms with Crippen molar-refractivity contribution in [2.75, 3.05) is 19.8 Å². The monoisotopic (exact) mass is 268 g/mol. The maximum atomic E-state index is 11.8. The van der Waals surface area contributed by atoms with E-state index in [0.717, 1.165) is 6.42 Å². The number of carbonyl (C=O) groups excluding carboxylic acids is 1. The molecule has 0 bridgehead atoms. The highest BCUT2D eigenvalue weighted by atomic mass is 16.7. The molecule has 1 saturated heterocycles. The largest absolute Gasteiger partial charge is 0.351 e. The highest BCUT2D eigenvalue weighted by Crippen LogP contribution is 2.26. The Kier molecular flexibility index (Phi) is 4.21. The molecule has 1 aliphatic heterocycles. The lowest BCUT2D eigenvalue weighted by atomic mass is 10.0. The summed E-state index contributed by atoms with van der Waals surface area (Å²) in [5.41, 5.74) is 0.693. The number of aromatic nitrogens is 1. The topological polar surface area (TPSA) is 73.6 Å². The van der Waals surface area contributed by atoms with Gasteiger partial charge in [-0.1, -0.05) is 12.1 Å². The highest BCUT2D eigenvalue weighted by molar-refractivity contribution is 5.91. The van der Waals surface area contributed by atoms with E-state index in [-0.39, 0.29) is 17.6 Å². The molecule has 0 aromatic carbocycles. The van der Waals surface area contributed by atoms with Crippen LogP contribution in [-0.2, 0) is 9.47 Å². The van der Waals surface area contributed by atoms with Crippen molar-refractivity contribution >= 4 is 5.91 Å². The van der Waals surface area contributed by atoms with Crippen LogP contribution in [-0.4, -0.2) is 36.6 Å². The summed E-state index contributed by atoms with van der Waals surface area (Å²) in [7, 11) is 0. The van der Waals surface area contributed by atoms with E-state index in [0.29, 0.717) is 25.5 Å². The van der Waals surface area contributed by atoms with Gasteiger partial charge in [0.05, 0.1) is 18.9 Å². The van der Waals surface area contributed by atoms with Crippen LogP contribution in [0.4, 0.5) is 0 Å². The van der Waals surface area contributed by atoms with Crippen LogP contribution < -0.4 is 5.32 Å². The third-order valence-corrected chi connectivity index (χ3v) is 3.08. The summed E-state index contributed by atoms with van der Waals surface area (Å²) in [6.45, 7) is 7.56. The number of rotatable bonds is 5. The molecule has 0 spiro atoms. The maximum absolute atomic E-state index is 11.8. The Morgan fingerprint density at radius 2 is 2.21 bits per heavy atom.